The normalized spacial score (nSPS) is 17.6. The number of nitrogen functional groups attached to an aromatic ring is 1. The van der Waals surface area contributed by atoms with Crippen molar-refractivity contribution in [3.63, 3.8) is 0 Å². The Morgan fingerprint density at radius 2 is 2.18 bits per heavy atom. The Kier molecular flexibility index (Phi) is 2.51. The Morgan fingerprint density at radius 3 is 2.94 bits per heavy atom. The van der Waals surface area contributed by atoms with Crippen molar-refractivity contribution in [1.82, 2.24) is 14.6 Å². The van der Waals surface area contributed by atoms with Gasteiger partial charge >= 0.3 is 0 Å². The fraction of sp³-hybridized carbons (Fsp3) is 0.455. The van der Waals surface area contributed by atoms with Gasteiger partial charge in [0.25, 0.3) is 0 Å². The van der Waals surface area contributed by atoms with Crippen LogP contribution in [0.3, 0.4) is 0 Å². The quantitative estimate of drug-likeness (QED) is 0.697. The molecule has 0 amide bonds. The number of hydrogen-bond donors (Lipinski definition) is 1. The van der Waals surface area contributed by atoms with Crippen molar-refractivity contribution < 1.29 is 4.74 Å². The standard InChI is InChI=1S/C11H13BN4O/c12-8-6-14-16-10(13)5-9(15-11(8)16)7-1-3-17-4-2-7/h5-7H,1-4,13H2. The first-order chi connectivity index (χ1) is 8.25. The Bertz CT molecular complexity index is 548. The van der Waals surface area contributed by atoms with Crippen LogP contribution in [0.15, 0.2) is 12.3 Å². The van der Waals surface area contributed by atoms with Crippen molar-refractivity contribution in [1.29, 1.82) is 0 Å². The van der Waals surface area contributed by atoms with Gasteiger partial charge in [0.2, 0.25) is 0 Å². The summed E-state index contributed by atoms with van der Waals surface area (Å²) in [7, 11) is 5.82. The van der Waals surface area contributed by atoms with Gasteiger partial charge in [-0.2, -0.15) is 5.10 Å². The van der Waals surface area contributed by atoms with Crippen molar-refractivity contribution >= 4 is 24.8 Å². The molecule has 2 radical (unpaired) electrons. The van der Waals surface area contributed by atoms with E-state index in [0.29, 0.717) is 22.8 Å². The molecule has 86 valence electrons. The van der Waals surface area contributed by atoms with E-state index in [1.54, 1.807) is 10.7 Å². The van der Waals surface area contributed by atoms with Gasteiger partial charge in [0, 0.05) is 37.1 Å². The molecule has 0 aromatic carbocycles. The van der Waals surface area contributed by atoms with E-state index in [9.17, 15) is 0 Å². The van der Waals surface area contributed by atoms with Crippen LogP contribution in [-0.2, 0) is 4.74 Å². The summed E-state index contributed by atoms with van der Waals surface area (Å²) in [4.78, 5) is 4.56. The highest BCUT2D eigenvalue weighted by molar-refractivity contribution is 6.36. The summed E-state index contributed by atoms with van der Waals surface area (Å²) in [6, 6.07) is 1.88. The molecule has 2 aromatic rings. The van der Waals surface area contributed by atoms with Crippen LogP contribution in [0.25, 0.3) is 5.65 Å². The predicted octanol–water partition coefficient (Wildman–Crippen LogP) is -0.000700. The molecule has 2 aromatic heterocycles. The first-order valence-corrected chi connectivity index (χ1v) is 5.73. The molecular formula is C11H13BN4O. The highest BCUT2D eigenvalue weighted by atomic mass is 16.5. The summed E-state index contributed by atoms with van der Waals surface area (Å²) in [5, 5.41) is 4.08. The van der Waals surface area contributed by atoms with E-state index in [0.717, 1.165) is 31.7 Å². The Morgan fingerprint density at radius 1 is 1.41 bits per heavy atom. The molecule has 0 aliphatic carbocycles. The lowest BCUT2D eigenvalue weighted by Crippen LogP contribution is -2.17. The SMILES string of the molecule is [B]c1cnn2c(N)cc(C3CCOCC3)nc12. The molecule has 0 unspecified atom stereocenters. The van der Waals surface area contributed by atoms with E-state index < -0.39 is 0 Å². The highest BCUT2D eigenvalue weighted by Crippen LogP contribution is 2.26. The van der Waals surface area contributed by atoms with Gasteiger partial charge in [0.05, 0.1) is 0 Å². The minimum Gasteiger partial charge on any atom is -0.384 e. The Balaban J connectivity index is 2.07. The van der Waals surface area contributed by atoms with Gasteiger partial charge in [-0.05, 0) is 18.3 Å². The van der Waals surface area contributed by atoms with E-state index >= 15 is 0 Å². The largest absolute Gasteiger partial charge is 0.384 e. The average molecular weight is 228 g/mol. The molecule has 0 bridgehead atoms. The summed E-state index contributed by atoms with van der Waals surface area (Å²) < 4.78 is 6.91. The maximum atomic E-state index is 5.95. The van der Waals surface area contributed by atoms with Gasteiger partial charge in [0.1, 0.15) is 19.3 Å². The highest BCUT2D eigenvalue weighted by Gasteiger charge is 2.19. The fourth-order valence-corrected chi connectivity index (χ4v) is 2.23. The molecule has 0 spiro atoms. The molecule has 17 heavy (non-hydrogen) atoms. The number of hydrogen-bond acceptors (Lipinski definition) is 4. The molecule has 3 rings (SSSR count). The number of aromatic nitrogens is 3. The summed E-state index contributed by atoms with van der Waals surface area (Å²) in [6.07, 6.45) is 3.54. The molecule has 0 atom stereocenters. The first kappa shape index (κ1) is 10.6. The molecule has 6 heteroatoms. The van der Waals surface area contributed by atoms with E-state index in [1.165, 1.54) is 0 Å². The molecule has 1 saturated heterocycles. The Hall–Kier alpha value is -1.56. The molecule has 1 aliphatic rings. The lowest BCUT2D eigenvalue weighted by atomic mass is 9.95. The van der Waals surface area contributed by atoms with Crippen molar-refractivity contribution in [2.75, 3.05) is 18.9 Å². The van der Waals surface area contributed by atoms with Gasteiger partial charge in [0.15, 0.2) is 0 Å². The van der Waals surface area contributed by atoms with Gasteiger partial charge in [-0.25, -0.2) is 9.50 Å². The lowest BCUT2D eigenvalue weighted by Gasteiger charge is -2.21. The average Bonchev–Trinajstić information content (AvgIpc) is 2.73. The second kappa shape index (κ2) is 4.03. The first-order valence-electron chi connectivity index (χ1n) is 5.73. The maximum Gasteiger partial charge on any atom is 0.150 e. The number of nitrogens with two attached hydrogens (primary N) is 1. The number of ether oxygens (including phenoxy) is 1. The Labute approximate surface area is 100 Å². The second-order valence-corrected chi connectivity index (χ2v) is 4.33. The third kappa shape index (κ3) is 1.78. The van der Waals surface area contributed by atoms with Gasteiger partial charge in [-0.3, -0.25) is 0 Å². The zero-order valence-electron chi connectivity index (χ0n) is 9.47. The lowest BCUT2D eigenvalue weighted by molar-refractivity contribution is 0.0845. The fourth-order valence-electron chi connectivity index (χ4n) is 2.23. The second-order valence-electron chi connectivity index (χ2n) is 4.33. The minimum atomic E-state index is 0.408. The molecule has 1 fully saturated rings. The molecule has 0 saturated carbocycles. The van der Waals surface area contributed by atoms with E-state index in [4.69, 9.17) is 18.3 Å². The smallest absolute Gasteiger partial charge is 0.150 e. The van der Waals surface area contributed by atoms with Crippen LogP contribution < -0.4 is 11.2 Å². The number of nitrogens with zero attached hydrogens (tertiary/aromatic N) is 3. The van der Waals surface area contributed by atoms with Crippen molar-refractivity contribution in [2.24, 2.45) is 0 Å². The third-order valence-electron chi connectivity index (χ3n) is 3.19. The van der Waals surface area contributed by atoms with Crippen LogP contribution in [-0.4, -0.2) is 35.7 Å². The zero-order chi connectivity index (χ0) is 11.8. The van der Waals surface area contributed by atoms with Crippen molar-refractivity contribution in [2.45, 2.75) is 18.8 Å². The van der Waals surface area contributed by atoms with E-state index in [-0.39, 0.29) is 0 Å². The number of rotatable bonds is 1. The molecule has 3 heterocycles. The molecule has 1 aliphatic heterocycles. The van der Waals surface area contributed by atoms with Gasteiger partial charge in [-0.15, -0.1) is 0 Å². The van der Waals surface area contributed by atoms with Gasteiger partial charge in [-0.1, -0.05) is 0 Å². The summed E-state index contributed by atoms with van der Waals surface area (Å²) in [6.45, 7) is 1.57. The summed E-state index contributed by atoms with van der Waals surface area (Å²) >= 11 is 0. The van der Waals surface area contributed by atoms with Crippen molar-refractivity contribution in [3.05, 3.63) is 18.0 Å². The van der Waals surface area contributed by atoms with Crippen LogP contribution in [0.1, 0.15) is 24.5 Å². The van der Waals surface area contributed by atoms with Crippen LogP contribution in [0.2, 0.25) is 0 Å². The molecule has 5 nitrogen and oxygen atoms in total. The van der Waals surface area contributed by atoms with E-state index in [2.05, 4.69) is 10.1 Å². The maximum absolute atomic E-state index is 5.95. The topological polar surface area (TPSA) is 65.4 Å². The third-order valence-corrected chi connectivity index (χ3v) is 3.19. The predicted molar refractivity (Wildman–Crippen MR) is 65.6 cm³/mol. The monoisotopic (exact) mass is 228 g/mol. The van der Waals surface area contributed by atoms with Crippen LogP contribution in [0, 0.1) is 0 Å². The van der Waals surface area contributed by atoms with Crippen LogP contribution >= 0.6 is 0 Å². The van der Waals surface area contributed by atoms with Crippen molar-refractivity contribution in [3.8, 4) is 0 Å². The van der Waals surface area contributed by atoms with Crippen LogP contribution in [0.5, 0.6) is 0 Å². The minimum absolute atomic E-state index is 0.408. The zero-order valence-corrected chi connectivity index (χ0v) is 9.47. The summed E-state index contributed by atoms with van der Waals surface area (Å²) in [5.41, 5.74) is 8.15. The van der Waals surface area contributed by atoms with Crippen LogP contribution in [0.4, 0.5) is 5.82 Å². The molecular weight excluding hydrogens is 215 g/mol. The summed E-state index contributed by atoms with van der Waals surface area (Å²) in [5.74, 6) is 0.985. The number of fused-ring (bicyclic) bond motifs is 1. The van der Waals surface area contributed by atoms with E-state index in [1.807, 2.05) is 6.07 Å². The number of anilines is 1. The molecule has 2 N–H and O–H groups in total. The van der Waals surface area contributed by atoms with Gasteiger partial charge < -0.3 is 10.5 Å².